The lowest BCUT2D eigenvalue weighted by Crippen LogP contribution is -2.46. The standard InChI is InChI=1S/C16H22FN3O5/c1-16(2,3)24-15(23)19-12(9-21)14(22)25-20-13(18)8-10-4-6-11(17)7-5-10/h4-7,12,21H,8-9H2,1-3H3,(H2,18,20)(H,19,23)/t12-/m0/s1. The number of carbonyl (C=O) groups excluding carboxylic acids is 2. The molecule has 0 unspecified atom stereocenters. The number of halogens is 1. The zero-order chi connectivity index (χ0) is 19.0. The molecule has 0 heterocycles. The van der Waals surface area contributed by atoms with Gasteiger partial charge in [-0.2, -0.15) is 0 Å². The van der Waals surface area contributed by atoms with E-state index in [9.17, 15) is 19.1 Å². The van der Waals surface area contributed by atoms with Crippen molar-refractivity contribution in [3.8, 4) is 0 Å². The molecular weight excluding hydrogens is 333 g/mol. The first-order chi connectivity index (χ1) is 11.6. The summed E-state index contributed by atoms with van der Waals surface area (Å²) in [4.78, 5) is 28.0. The Labute approximate surface area is 144 Å². The van der Waals surface area contributed by atoms with Gasteiger partial charge in [-0.1, -0.05) is 17.3 Å². The van der Waals surface area contributed by atoms with Crippen molar-refractivity contribution in [2.45, 2.75) is 38.8 Å². The van der Waals surface area contributed by atoms with Crippen LogP contribution < -0.4 is 11.1 Å². The molecule has 8 nitrogen and oxygen atoms in total. The van der Waals surface area contributed by atoms with Crippen molar-refractivity contribution in [2.75, 3.05) is 6.61 Å². The Morgan fingerprint density at radius 1 is 1.32 bits per heavy atom. The number of ether oxygens (including phenoxy) is 1. The van der Waals surface area contributed by atoms with E-state index in [0.29, 0.717) is 5.56 Å². The number of alkyl carbamates (subject to hydrolysis) is 1. The minimum absolute atomic E-state index is 0.0334. The number of benzene rings is 1. The molecule has 0 aliphatic heterocycles. The summed E-state index contributed by atoms with van der Waals surface area (Å²) < 4.78 is 17.8. The maximum atomic E-state index is 12.8. The molecule has 25 heavy (non-hydrogen) atoms. The highest BCUT2D eigenvalue weighted by Crippen LogP contribution is 2.07. The van der Waals surface area contributed by atoms with Gasteiger partial charge < -0.3 is 25.7 Å². The number of aliphatic hydroxyl groups excluding tert-OH is 1. The molecule has 0 fully saturated rings. The second-order valence-electron chi connectivity index (χ2n) is 6.18. The fourth-order valence-electron chi connectivity index (χ4n) is 1.64. The molecule has 0 bridgehead atoms. The van der Waals surface area contributed by atoms with Crippen LogP contribution in [0.1, 0.15) is 26.3 Å². The highest BCUT2D eigenvalue weighted by molar-refractivity contribution is 5.85. The zero-order valence-electron chi connectivity index (χ0n) is 14.3. The lowest BCUT2D eigenvalue weighted by Gasteiger charge is -2.21. The van der Waals surface area contributed by atoms with Crippen molar-refractivity contribution in [1.29, 1.82) is 0 Å². The molecule has 138 valence electrons. The van der Waals surface area contributed by atoms with Crippen LogP contribution in [0, 0.1) is 5.82 Å². The first-order valence-corrected chi connectivity index (χ1v) is 7.48. The molecule has 1 rings (SSSR count). The maximum absolute atomic E-state index is 12.8. The molecule has 0 saturated heterocycles. The van der Waals surface area contributed by atoms with Gasteiger partial charge in [0.1, 0.15) is 17.3 Å². The number of hydrogen-bond donors (Lipinski definition) is 3. The van der Waals surface area contributed by atoms with E-state index in [-0.39, 0.29) is 18.1 Å². The lowest BCUT2D eigenvalue weighted by molar-refractivity contribution is -0.147. The number of amides is 1. The molecule has 1 aromatic rings. The number of nitrogens with zero attached hydrogens (tertiary/aromatic N) is 1. The van der Waals surface area contributed by atoms with Crippen LogP contribution >= 0.6 is 0 Å². The molecule has 1 atom stereocenters. The summed E-state index contributed by atoms with van der Waals surface area (Å²) >= 11 is 0. The largest absolute Gasteiger partial charge is 0.444 e. The van der Waals surface area contributed by atoms with E-state index in [0.717, 1.165) is 0 Å². The van der Waals surface area contributed by atoms with Gasteiger partial charge in [-0.3, -0.25) is 0 Å². The van der Waals surface area contributed by atoms with Crippen LogP contribution in [0.15, 0.2) is 29.4 Å². The Morgan fingerprint density at radius 2 is 1.92 bits per heavy atom. The molecule has 1 amide bonds. The van der Waals surface area contributed by atoms with Crippen molar-refractivity contribution in [3.63, 3.8) is 0 Å². The molecule has 0 aliphatic rings. The maximum Gasteiger partial charge on any atom is 0.408 e. The minimum Gasteiger partial charge on any atom is -0.444 e. The molecule has 0 aliphatic carbocycles. The normalized spacial score (nSPS) is 13.1. The molecule has 0 spiro atoms. The van der Waals surface area contributed by atoms with Crippen LogP contribution in [0.4, 0.5) is 9.18 Å². The topological polar surface area (TPSA) is 123 Å². The predicted octanol–water partition coefficient (Wildman–Crippen LogP) is 1.07. The van der Waals surface area contributed by atoms with Crippen LogP contribution in [-0.2, 0) is 20.8 Å². The molecule has 0 saturated carbocycles. The van der Waals surface area contributed by atoms with Gasteiger partial charge in [0.25, 0.3) is 0 Å². The Balaban J connectivity index is 2.56. The van der Waals surface area contributed by atoms with E-state index in [1.807, 2.05) is 0 Å². The van der Waals surface area contributed by atoms with Crippen molar-refractivity contribution in [3.05, 3.63) is 35.6 Å². The van der Waals surface area contributed by atoms with Crippen LogP contribution in [0.25, 0.3) is 0 Å². The number of amidine groups is 1. The summed E-state index contributed by atoms with van der Waals surface area (Å²) in [5.74, 6) is -1.42. The summed E-state index contributed by atoms with van der Waals surface area (Å²) in [6.07, 6.45) is -0.747. The number of carbonyl (C=O) groups is 2. The summed E-state index contributed by atoms with van der Waals surface area (Å²) in [6.45, 7) is 4.25. The van der Waals surface area contributed by atoms with E-state index in [1.165, 1.54) is 24.3 Å². The Bertz CT molecular complexity index is 626. The molecule has 1 aromatic carbocycles. The van der Waals surface area contributed by atoms with Crippen molar-refractivity contribution in [2.24, 2.45) is 10.9 Å². The van der Waals surface area contributed by atoms with Crippen LogP contribution in [0.2, 0.25) is 0 Å². The third kappa shape index (κ3) is 8.11. The lowest BCUT2D eigenvalue weighted by atomic mass is 10.1. The van der Waals surface area contributed by atoms with Gasteiger partial charge in [0.05, 0.1) is 6.61 Å². The van der Waals surface area contributed by atoms with Gasteiger partial charge >= 0.3 is 12.1 Å². The van der Waals surface area contributed by atoms with E-state index < -0.39 is 30.3 Å². The SMILES string of the molecule is CC(C)(C)OC(=O)N[C@@H](CO)C(=O)O/N=C(\N)Cc1ccc(F)cc1. The summed E-state index contributed by atoms with van der Waals surface area (Å²) in [5.41, 5.74) is 5.54. The second kappa shape index (κ2) is 8.97. The first-order valence-electron chi connectivity index (χ1n) is 7.48. The van der Waals surface area contributed by atoms with Gasteiger partial charge in [-0.25, -0.2) is 14.0 Å². The van der Waals surface area contributed by atoms with Crippen molar-refractivity contribution < 1.29 is 28.7 Å². The van der Waals surface area contributed by atoms with Gasteiger partial charge in [0.2, 0.25) is 0 Å². The van der Waals surface area contributed by atoms with Gasteiger partial charge in [-0.05, 0) is 38.5 Å². The minimum atomic E-state index is -1.35. The summed E-state index contributed by atoms with van der Waals surface area (Å²) in [7, 11) is 0. The number of rotatable bonds is 6. The van der Waals surface area contributed by atoms with Crippen LogP contribution in [0.5, 0.6) is 0 Å². The summed E-state index contributed by atoms with van der Waals surface area (Å²) in [6, 6.07) is 4.21. The molecule has 0 radical (unpaired) electrons. The predicted molar refractivity (Wildman–Crippen MR) is 88.1 cm³/mol. The fraction of sp³-hybridized carbons (Fsp3) is 0.438. The number of oxime groups is 1. The highest BCUT2D eigenvalue weighted by atomic mass is 19.1. The second-order valence-corrected chi connectivity index (χ2v) is 6.18. The number of nitrogens with two attached hydrogens (primary N) is 1. The fourth-order valence-corrected chi connectivity index (χ4v) is 1.64. The molecule has 4 N–H and O–H groups in total. The van der Waals surface area contributed by atoms with Crippen molar-refractivity contribution in [1.82, 2.24) is 5.32 Å². The number of aliphatic hydroxyl groups is 1. The van der Waals surface area contributed by atoms with Gasteiger partial charge in [0.15, 0.2) is 6.04 Å². The van der Waals surface area contributed by atoms with E-state index >= 15 is 0 Å². The van der Waals surface area contributed by atoms with Gasteiger partial charge in [0, 0.05) is 6.42 Å². The number of hydrogen-bond acceptors (Lipinski definition) is 6. The number of nitrogens with one attached hydrogen (secondary N) is 1. The van der Waals surface area contributed by atoms with Crippen LogP contribution in [0.3, 0.4) is 0 Å². The van der Waals surface area contributed by atoms with Crippen molar-refractivity contribution >= 4 is 17.9 Å². The van der Waals surface area contributed by atoms with E-state index in [2.05, 4.69) is 15.3 Å². The molecular formula is C16H22FN3O5. The first kappa shape index (κ1) is 20.4. The highest BCUT2D eigenvalue weighted by Gasteiger charge is 2.25. The quantitative estimate of drug-likeness (QED) is 0.303. The zero-order valence-corrected chi connectivity index (χ0v) is 14.3. The molecule has 0 aromatic heterocycles. The molecule has 9 heteroatoms. The monoisotopic (exact) mass is 355 g/mol. The third-order valence-electron chi connectivity index (χ3n) is 2.71. The van der Waals surface area contributed by atoms with E-state index in [1.54, 1.807) is 20.8 Å². The average molecular weight is 355 g/mol. The Hall–Kier alpha value is -2.68. The third-order valence-corrected chi connectivity index (χ3v) is 2.71. The van der Waals surface area contributed by atoms with Crippen LogP contribution in [-0.4, -0.2) is 41.3 Å². The Kier molecular flexibility index (Phi) is 7.31. The summed E-state index contributed by atoms with van der Waals surface area (Å²) in [5, 5.41) is 14.8. The average Bonchev–Trinajstić information content (AvgIpc) is 2.51. The van der Waals surface area contributed by atoms with E-state index in [4.69, 9.17) is 10.5 Å². The smallest absolute Gasteiger partial charge is 0.408 e. The Morgan fingerprint density at radius 3 is 2.44 bits per heavy atom. The van der Waals surface area contributed by atoms with Gasteiger partial charge in [-0.15, -0.1) is 0 Å².